The molecule has 2 aromatic rings. The van der Waals surface area contributed by atoms with E-state index >= 15 is 0 Å². The summed E-state index contributed by atoms with van der Waals surface area (Å²) in [6.07, 6.45) is 3.49. The zero-order valence-electron chi connectivity index (χ0n) is 11.0. The molecule has 5 heteroatoms. The van der Waals surface area contributed by atoms with Crippen molar-refractivity contribution in [1.29, 1.82) is 0 Å². The van der Waals surface area contributed by atoms with Crippen molar-refractivity contribution in [2.75, 3.05) is 12.3 Å². The van der Waals surface area contributed by atoms with Crippen molar-refractivity contribution in [1.82, 2.24) is 9.78 Å². The van der Waals surface area contributed by atoms with Gasteiger partial charge in [-0.05, 0) is 19.9 Å². The summed E-state index contributed by atoms with van der Waals surface area (Å²) in [6.45, 7) is 3.90. The lowest BCUT2D eigenvalue weighted by molar-refractivity contribution is -0.146. The Balaban J connectivity index is 2.24. The minimum Gasteiger partial charge on any atom is -0.464 e. The maximum Gasteiger partial charge on any atom is 0.330 e. The second-order valence-electron chi connectivity index (χ2n) is 4.22. The first-order chi connectivity index (χ1) is 9.13. The predicted octanol–water partition coefficient (Wildman–Crippen LogP) is 2.26. The number of para-hydroxylation sites is 1. The largest absolute Gasteiger partial charge is 0.464 e. The quantitative estimate of drug-likeness (QED) is 0.675. The van der Waals surface area contributed by atoms with Crippen LogP contribution in [0, 0.1) is 0 Å². The number of carbonyl (C=O) groups excluding carboxylic acids is 1. The van der Waals surface area contributed by atoms with Crippen LogP contribution in [0.25, 0.3) is 11.1 Å². The predicted molar refractivity (Wildman–Crippen MR) is 73.4 cm³/mol. The zero-order valence-corrected chi connectivity index (χ0v) is 11.0. The van der Waals surface area contributed by atoms with Gasteiger partial charge < -0.3 is 10.5 Å². The van der Waals surface area contributed by atoms with Gasteiger partial charge in [-0.15, -0.1) is 0 Å². The van der Waals surface area contributed by atoms with Gasteiger partial charge in [-0.1, -0.05) is 18.2 Å². The van der Waals surface area contributed by atoms with Crippen LogP contribution in [0.5, 0.6) is 0 Å². The molecule has 1 aromatic heterocycles. The van der Waals surface area contributed by atoms with Gasteiger partial charge in [0.05, 0.1) is 12.8 Å². The lowest BCUT2D eigenvalue weighted by Gasteiger charge is -2.10. The fourth-order valence-corrected chi connectivity index (χ4v) is 1.82. The van der Waals surface area contributed by atoms with Crippen LogP contribution >= 0.6 is 0 Å². The molecule has 0 spiro atoms. The van der Waals surface area contributed by atoms with Crippen LogP contribution in [-0.4, -0.2) is 22.4 Å². The highest BCUT2D eigenvalue weighted by Gasteiger charge is 2.17. The molecule has 2 N–H and O–H groups in total. The summed E-state index contributed by atoms with van der Waals surface area (Å²) >= 11 is 0. The summed E-state index contributed by atoms with van der Waals surface area (Å²) < 4.78 is 6.56. The van der Waals surface area contributed by atoms with Gasteiger partial charge in [0.1, 0.15) is 6.04 Å². The van der Waals surface area contributed by atoms with Gasteiger partial charge in [0.2, 0.25) is 0 Å². The number of benzene rings is 1. The Hall–Kier alpha value is -2.30. The molecule has 0 aliphatic carbocycles. The Labute approximate surface area is 112 Å². The summed E-state index contributed by atoms with van der Waals surface area (Å²) in [4.78, 5) is 11.6. The van der Waals surface area contributed by atoms with Crippen LogP contribution in [0.4, 0.5) is 5.69 Å². The highest BCUT2D eigenvalue weighted by Crippen LogP contribution is 2.25. The second-order valence-corrected chi connectivity index (χ2v) is 4.22. The molecule has 1 heterocycles. The number of rotatable bonds is 4. The summed E-state index contributed by atoms with van der Waals surface area (Å²) in [6, 6.07) is 7.11. The summed E-state index contributed by atoms with van der Waals surface area (Å²) in [5.41, 5.74) is 8.39. The third-order valence-electron chi connectivity index (χ3n) is 2.90. The molecule has 100 valence electrons. The Morgan fingerprint density at radius 2 is 2.21 bits per heavy atom. The number of ether oxygens (including phenoxy) is 1. The summed E-state index contributed by atoms with van der Waals surface area (Å²) in [5.74, 6) is -0.293. The maximum atomic E-state index is 11.6. The van der Waals surface area contributed by atoms with E-state index in [2.05, 4.69) is 5.10 Å². The highest BCUT2D eigenvalue weighted by molar-refractivity contribution is 5.76. The van der Waals surface area contributed by atoms with Gasteiger partial charge in [0.25, 0.3) is 0 Å². The van der Waals surface area contributed by atoms with Crippen LogP contribution in [0.3, 0.4) is 0 Å². The first kappa shape index (κ1) is 13.1. The lowest BCUT2D eigenvalue weighted by Crippen LogP contribution is -2.19. The molecule has 1 unspecified atom stereocenters. The van der Waals surface area contributed by atoms with Crippen LogP contribution in [0.2, 0.25) is 0 Å². The van der Waals surface area contributed by atoms with Crippen molar-refractivity contribution in [3.63, 3.8) is 0 Å². The van der Waals surface area contributed by atoms with E-state index in [9.17, 15) is 4.79 Å². The van der Waals surface area contributed by atoms with Gasteiger partial charge >= 0.3 is 5.97 Å². The molecular formula is C14H17N3O2. The topological polar surface area (TPSA) is 70.1 Å². The molecule has 0 aliphatic heterocycles. The van der Waals surface area contributed by atoms with Gasteiger partial charge in [-0.25, -0.2) is 4.79 Å². The van der Waals surface area contributed by atoms with Crippen molar-refractivity contribution in [2.45, 2.75) is 19.9 Å². The minimum absolute atomic E-state index is 0.293. The molecule has 1 atom stereocenters. The highest BCUT2D eigenvalue weighted by atomic mass is 16.5. The standard InChI is InChI=1S/C14H17N3O2/c1-3-19-14(18)10(2)17-9-11(8-16-17)12-6-4-5-7-13(12)15/h4-10H,3,15H2,1-2H3. The van der Waals surface area contributed by atoms with Gasteiger partial charge in [-0.2, -0.15) is 5.10 Å². The van der Waals surface area contributed by atoms with Crippen molar-refractivity contribution in [3.05, 3.63) is 36.7 Å². The number of anilines is 1. The molecule has 2 rings (SSSR count). The van der Waals surface area contributed by atoms with Crippen LogP contribution in [0.1, 0.15) is 19.9 Å². The molecule has 1 aromatic carbocycles. The fourth-order valence-electron chi connectivity index (χ4n) is 1.82. The van der Waals surface area contributed by atoms with E-state index in [-0.39, 0.29) is 5.97 Å². The first-order valence-electron chi connectivity index (χ1n) is 6.19. The molecule has 0 saturated carbocycles. The Morgan fingerprint density at radius 3 is 2.89 bits per heavy atom. The number of aromatic nitrogens is 2. The molecule has 0 amide bonds. The van der Waals surface area contributed by atoms with E-state index in [0.717, 1.165) is 11.1 Å². The molecule has 19 heavy (non-hydrogen) atoms. The second kappa shape index (κ2) is 5.56. The number of hydrogen-bond acceptors (Lipinski definition) is 4. The molecule has 0 fully saturated rings. The molecule has 0 bridgehead atoms. The maximum absolute atomic E-state index is 11.6. The van der Waals surface area contributed by atoms with Crippen LogP contribution in [-0.2, 0) is 9.53 Å². The van der Waals surface area contributed by atoms with E-state index < -0.39 is 6.04 Å². The van der Waals surface area contributed by atoms with Gasteiger partial charge in [0.15, 0.2) is 0 Å². The molecule has 5 nitrogen and oxygen atoms in total. The minimum atomic E-state index is -0.446. The normalized spacial score (nSPS) is 12.1. The van der Waals surface area contributed by atoms with Crippen molar-refractivity contribution in [2.24, 2.45) is 0 Å². The SMILES string of the molecule is CCOC(=O)C(C)n1cc(-c2ccccc2N)cn1. The summed E-state index contributed by atoms with van der Waals surface area (Å²) in [5, 5.41) is 4.20. The smallest absolute Gasteiger partial charge is 0.330 e. The Kier molecular flexibility index (Phi) is 3.85. The number of nitrogen functional groups attached to an aromatic ring is 1. The van der Waals surface area contributed by atoms with Crippen molar-refractivity contribution >= 4 is 11.7 Å². The molecular weight excluding hydrogens is 242 g/mol. The lowest BCUT2D eigenvalue weighted by atomic mass is 10.1. The van der Waals surface area contributed by atoms with Crippen LogP contribution < -0.4 is 5.73 Å². The van der Waals surface area contributed by atoms with Gasteiger partial charge in [0, 0.05) is 23.0 Å². The number of esters is 1. The number of nitrogens with two attached hydrogens (primary N) is 1. The Bertz CT molecular complexity index is 578. The van der Waals surface area contributed by atoms with E-state index in [4.69, 9.17) is 10.5 Å². The fraction of sp³-hybridized carbons (Fsp3) is 0.286. The van der Waals surface area contributed by atoms with Crippen molar-refractivity contribution in [3.8, 4) is 11.1 Å². The zero-order chi connectivity index (χ0) is 13.8. The third kappa shape index (κ3) is 2.76. The van der Waals surface area contributed by atoms with E-state index in [1.807, 2.05) is 24.3 Å². The van der Waals surface area contributed by atoms with Crippen LogP contribution in [0.15, 0.2) is 36.7 Å². The molecule has 0 aliphatic rings. The average molecular weight is 259 g/mol. The van der Waals surface area contributed by atoms with Gasteiger partial charge in [-0.3, -0.25) is 4.68 Å². The number of nitrogens with zero attached hydrogens (tertiary/aromatic N) is 2. The number of hydrogen-bond donors (Lipinski definition) is 1. The van der Waals surface area contributed by atoms with Crippen molar-refractivity contribution < 1.29 is 9.53 Å². The van der Waals surface area contributed by atoms with E-state index in [1.165, 1.54) is 0 Å². The monoisotopic (exact) mass is 259 g/mol. The first-order valence-corrected chi connectivity index (χ1v) is 6.19. The van der Waals surface area contributed by atoms with E-state index in [0.29, 0.717) is 12.3 Å². The van der Waals surface area contributed by atoms with E-state index in [1.54, 1.807) is 30.9 Å². The molecule has 0 saturated heterocycles. The number of carbonyl (C=O) groups is 1. The summed E-state index contributed by atoms with van der Waals surface area (Å²) in [7, 11) is 0. The average Bonchev–Trinajstić information content (AvgIpc) is 2.88. The molecule has 0 radical (unpaired) electrons. The Morgan fingerprint density at radius 1 is 1.47 bits per heavy atom. The third-order valence-corrected chi connectivity index (χ3v) is 2.90.